The van der Waals surface area contributed by atoms with Gasteiger partial charge >= 0.3 is 0 Å². The summed E-state index contributed by atoms with van der Waals surface area (Å²) in [4.78, 5) is 8.18. The topological polar surface area (TPSA) is 67.3 Å². The molecule has 0 amide bonds. The first-order valence-electron chi connectivity index (χ1n) is 5.25. The van der Waals surface area contributed by atoms with E-state index in [0.717, 1.165) is 11.4 Å². The molecule has 5 heteroatoms. The van der Waals surface area contributed by atoms with Crippen molar-refractivity contribution in [1.82, 2.24) is 9.97 Å². The third-order valence-electron chi connectivity index (χ3n) is 2.42. The van der Waals surface area contributed by atoms with E-state index >= 15 is 0 Å². The Bertz CT molecular complexity index is 353. The van der Waals surface area contributed by atoms with E-state index < -0.39 is 0 Å². The summed E-state index contributed by atoms with van der Waals surface area (Å²) in [5, 5.41) is 12.2. The fourth-order valence-corrected chi connectivity index (χ4v) is 1.43. The highest BCUT2D eigenvalue weighted by molar-refractivity contribution is 5.49. The van der Waals surface area contributed by atoms with Crippen molar-refractivity contribution < 1.29 is 9.84 Å². The molecule has 0 radical (unpaired) electrons. The molecule has 0 unspecified atom stereocenters. The highest BCUT2D eigenvalue weighted by Gasteiger charge is 2.19. The van der Waals surface area contributed by atoms with Gasteiger partial charge in [-0.2, -0.15) is 0 Å². The number of ether oxygens (including phenoxy) is 1. The van der Waals surface area contributed by atoms with Gasteiger partial charge in [-0.3, -0.25) is 0 Å². The van der Waals surface area contributed by atoms with Crippen LogP contribution in [0.4, 0.5) is 5.82 Å². The van der Waals surface area contributed by atoms with Crippen LogP contribution in [0, 0.1) is 6.92 Å². The predicted molar refractivity (Wildman–Crippen MR) is 62.7 cm³/mol. The van der Waals surface area contributed by atoms with Gasteiger partial charge in [0.1, 0.15) is 12.1 Å². The molecule has 0 spiro atoms. The van der Waals surface area contributed by atoms with Crippen molar-refractivity contribution in [3.8, 4) is 5.88 Å². The van der Waals surface area contributed by atoms with E-state index in [1.165, 1.54) is 6.33 Å². The largest absolute Gasteiger partial charge is 0.481 e. The monoisotopic (exact) mass is 225 g/mol. The van der Waals surface area contributed by atoms with Gasteiger partial charge in [-0.25, -0.2) is 9.97 Å². The number of hydrogen-bond donors (Lipinski definition) is 2. The molecule has 0 aliphatic rings. The summed E-state index contributed by atoms with van der Waals surface area (Å²) in [5.41, 5.74) is 0.662. The molecule has 2 N–H and O–H groups in total. The molecule has 0 fully saturated rings. The van der Waals surface area contributed by atoms with Crippen molar-refractivity contribution in [1.29, 1.82) is 0 Å². The molecule has 16 heavy (non-hydrogen) atoms. The minimum atomic E-state index is -0.209. The summed E-state index contributed by atoms with van der Waals surface area (Å²) in [7, 11) is 1.58. The number of nitrogens with one attached hydrogen (secondary N) is 1. The first-order valence-corrected chi connectivity index (χ1v) is 5.25. The Labute approximate surface area is 95.9 Å². The number of aliphatic hydroxyl groups excluding tert-OH is 1. The van der Waals surface area contributed by atoms with Crippen LogP contribution in [0.1, 0.15) is 25.8 Å². The van der Waals surface area contributed by atoms with Crippen molar-refractivity contribution in [3.63, 3.8) is 0 Å². The molecule has 0 atom stereocenters. The molecule has 90 valence electrons. The molecule has 0 aliphatic carbocycles. The molecule has 1 aromatic heterocycles. The lowest BCUT2D eigenvalue weighted by Crippen LogP contribution is -2.32. The second-order valence-corrected chi connectivity index (χ2v) is 4.34. The van der Waals surface area contributed by atoms with Gasteiger partial charge < -0.3 is 15.2 Å². The summed E-state index contributed by atoms with van der Waals surface area (Å²) >= 11 is 0. The third kappa shape index (κ3) is 3.06. The van der Waals surface area contributed by atoms with E-state index in [4.69, 9.17) is 9.84 Å². The van der Waals surface area contributed by atoms with Gasteiger partial charge in [0.15, 0.2) is 0 Å². The maximum absolute atomic E-state index is 8.95. The van der Waals surface area contributed by atoms with E-state index in [1.54, 1.807) is 7.11 Å². The van der Waals surface area contributed by atoms with Crippen molar-refractivity contribution >= 4 is 5.82 Å². The lowest BCUT2D eigenvalue weighted by atomic mass is 10.0. The van der Waals surface area contributed by atoms with Crippen LogP contribution in [-0.4, -0.2) is 34.3 Å². The summed E-state index contributed by atoms with van der Waals surface area (Å²) in [5.74, 6) is 1.31. The smallest absolute Gasteiger partial charge is 0.221 e. The average molecular weight is 225 g/mol. The fourth-order valence-electron chi connectivity index (χ4n) is 1.43. The molecular weight excluding hydrogens is 206 g/mol. The fraction of sp³-hybridized carbons (Fsp3) is 0.636. The predicted octanol–water partition coefficient (Wildman–Crippen LogP) is 1.37. The van der Waals surface area contributed by atoms with E-state index in [1.807, 2.05) is 20.8 Å². The Morgan fingerprint density at radius 3 is 2.69 bits per heavy atom. The first-order chi connectivity index (χ1) is 7.50. The van der Waals surface area contributed by atoms with Gasteiger partial charge in [0.25, 0.3) is 0 Å². The molecule has 5 nitrogen and oxygen atoms in total. The maximum Gasteiger partial charge on any atom is 0.221 e. The van der Waals surface area contributed by atoms with Gasteiger partial charge in [-0.15, -0.1) is 0 Å². The average Bonchev–Trinajstić information content (AvgIpc) is 2.21. The summed E-state index contributed by atoms with van der Waals surface area (Å²) < 4.78 is 5.12. The number of aliphatic hydroxyl groups is 1. The zero-order valence-corrected chi connectivity index (χ0v) is 10.2. The standard InChI is InChI=1S/C11H19N3O2/c1-8-9(12-7-13-10(8)16-4)14-11(2,3)5-6-15/h7,15H,5-6H2,1-4H3,(H,12,13,14). The minimum Gasteiger partial charge on any atom is -0.481 e. The van der Waals surface area contributed by atoms with Crippen LogP contribution in [0.5, 0.6) is 5.88 Å². The van der Waals surface area contributed by atoms with Gasteiger partial charge in [-0.05, 0) is 27.2 Å². The Morgan fingerprint density at radius 1 is 1.44 bits per heavy atom. The second kappa shape index (κ2) is 5.12. The van der Waals surface area contributed by atoms with E-state index in [2.05, 4.69) is 15.3 Å². The molecular formula is C11H19N3O2. The highest BCUT2D eigenvalue weighted by atomic mass is 16.5. The first kappa shape index (κ1) is 12.7. The van der Waals surface area contributed by atoms with Crippen LogP contribution in [0.25, 0.3) is 0 Å². The number of aromatic nitrogens is 2. The molecule has 1 aromatic rings. The van der Waals surface area contributed by atoms with E-state index in [-0.39, 0.29) is 12.1 Å². The second-order valence-electron chi connectivity index (χ2n) is 4.34. The SMILES string of the molecule is COc1ncnc(NC(C)(C)CCO)c1C. The Hall–Kier alpha value is -1.36. The van der Waals surface area contributed by atoms with E-state index in [9.17, 15) is 0 Å². The van der Waals surface area contributed by atoms with Crippen LogP contribution < -0.4 is 10.1 Å². The van der Waals surface area contributed by atoms with Crippen molar-refractivity contribution in [3.05, 3.63) is 11.9 Å². The summed E-state index contributed by atoms with van der Waals surface area (Å²) in [6.45, 7) is 6.06. The number of nitrogens with zero attached hydrogens (tertiary/aromatic N) is 2. The number of hydrogen-bond acceptors (Lipinski definition) is 5. The van der Waals surface area contributed by atoms with Crippen molar-refractivity contribution in [2.24, 2.45) is 0 Å². The van der Waals surface area contributed by atoms with Crippen molar-refractivity contribution in [2.45, 2.75) is 32.7 Å². The summed E-state index contributed by atoms with van der Waals surface area (Å²) in [6.07, 6.45) is 2.11. The summed E-state index contributed by atoms with van der Waals surface area (Å²) in [6, 6.07) is 0. The van der Waals surface area contributed by atoms with Crippen molar-refractivity contribution in [2.75, 3.05) is 19.0 Å². The zero-order chi connectivity index (χ0) is 12.2. The van der Waals surface area contributed by atoms with Gasteiger partial charge in [-0.1, -0.05) is 0 Å². The molecule has 1 heterocycles. The maximum atomic E-state index is 8.95. The zero-order valence-electron chi connectivity index (χ0n) is 10.2. The minimum absolute atomic E-state index is 0.140. The third-order valence-corrected chi connectivity index (χ3v) is 2.42. The molecule has 1 rings (SSSR count). The van der Waals surface area contributed by atoms with E-state index in [0.29, 0.717) is 12.3 Å². The molecule has 0 aliphatic heterocycles. The van der Waals surface area contributed by atoms with Crippen LogP contribution in [0.3, 0.4) is 0 Å². The van der Waals surface area contributed by atoms with Crippen LogP contribution >= 0.6 is 0 Å². The quantitative estimate of drug-likeness (QED) is 0.792. The molecule has 0 aromatic carbocycles. The number of anilines is 1. The molecule has 0 saturated carbocycles. The number of methoxy groups -OCH3 is 1. The van der Waals surface area contributed by atoms with Crippen LogP contribution in [0.2, 0.25) is 0 Å². The van der Waals surface area contributed by atoms with Gasteiger partial charge in [0.2, 0.25) is 5.88 Å². The Kier molecular flexibility index (Phi) is 4.06. The Morgan fingerprint density at radius 2 is 2.12 bits per heavy atom. The van der Waals surface area contributed by atoms with Gasteiger partial charge in [0, 0.05) is 12.1 Å². The normalized spacial score (nSPS) is 11.3. The van der Waals surface area contributed by atoms with Crippen LogP contribution in [-0.2, 0) is 0 Å². The highest BCUT2D eigenvalue weighted by Crippen LogP contribution is 2.23. The van der Waals surface area contributed by atoms with Crippen LogP contribution in [0.15, 0.2) is 6.33 Å². The van der Waals surface area contributed by atoms with Gasteiger partial charge in [0.05, 0.1) is 12.7 Å². The lowest BCUT2D eigenvalue weighted by Gasteiger charge is -2.26. The molecule has 0 saturated heterocycles. The molecule has 0 bridgehead atoms. The number of rotatable bonds is 5. The lowest BCUT2D eigenvalue weighted by molar-refractivity contribution is 0.260. The Balaban J connectivity index is 2.89.